The average molecular weight is 237 g/mol. The molecular formula is C15H15N3. The maximum Gasteiger partial charge on any atom is 0.121 e. The van der Waals surface area contributed by atoms with Crippen molar-refractivity contribution in [2.24, 2.45) is 0 Å². The first-order chi connectivity index (χ1) is 8.81. The lowest BCUT2D eigenvalue weighted by molar-refractivity contribution is 0.618. The van der Waals surface area contributed by atoms with Crippen molar-refractivity contribution in [3.8, 4) is 6.07 Å². The van der Waals surface area contributed by atoms with Gasteiger partial charge in [0.05, 0.1) is 11.8 Å². The Morgan fingerprint density at radius 1 is 1.22 bits per heavy atom. The molecule has 0 saturated heterocycles. The summed E-state index contributed by atoms with van der Waals surface area (Å²) in [6.07, 6.45) is 1.76. The van der Waals surface area contributed by atoms with E-state index in [0.717, 1.165) is 16.8 Å². The van der Waals surface area contributed by atoms with Crippen molar-refractivity contribution in [2.75, 3.05) is 0 Å². The van der Waals surface area contributed by atoms with Crippen molar-refractivity contribution in [3.05, 3.63) is 65.5 Å². The highest BCUT2D eigenvalue weighted by Gasteiger charge is 2.11. The molecule has 2 rings (SSSR count). The van der Waals surface area contributed by atoms with Gasteiger partial charge < -0.3 is 0 Å². The van der Waals surface area contributed by atoms with Gasteiger partial charge in [-0.05, 0) is 30.2 Å². The normalized spacial score (nSPS) is 11.8. The van der Waals surface area contributed by atoms with Crippen LogP contribution in [0.1, 0.15) is 22.9 Å². The predicted octanol–water partition coefficient (Wildman–Crippen LogP) is 2.74. The zero-order chi connectivity index (χ0) is 12.8. The lowest BCUT2D eigenvalue weighted by Gasteiger charge is -2.13. The van der Waals surface area contributed by atoms with Gasteiger partial charge in [0.25, 0.3) is 0 Å². The van der Waals surface area contributed by atoms with Crippen LogP contribution in [0.5, 0.6) is 0 Å². The molecule has 1 heterocycles. The van der Waals surface area contributed by atoms with Gasteiger partial charge in [0.2, 0.25) is 0 Å². The van der Waals surface area contributed by atoms with E-state index in [1.165, 1.54) is 0 Å². The van der Waals surface area contributed by atoms with Gasteiger partial charge in [0, 0.05) is 12.7 Å². The van der Waals surface area contributed by atoms with Gasteiger partial charge in [-0.2, -0.15) is 5.26 Å². The van der Waals surface area contributed by atoms with Gasteiger partial charge >= 0.3 is 0 Å². The summed E-state index contributed by atoms with van der Waals surface area (Å²) in [4.78, 5) is 4.23. The molecule has 1 N–H and O–H groups in total. The Kier molecular flexibility index (Phi) is 4.06. The molecule has 0 spiro atoms. The Morgan fingerprint density at radius 2 is 2.00 bits per heavy atom. The molecule has 0 saturated carbocycles. The highest BCUT2D eigenvalue weighted by atomic mass is 14.9. The fourth-order valence-electron chi connectivity index (χ4n) is 1.85. The standard InChI is InChI=1S/C15H15N3/c1-12-6-2-3-8-14(12)15(10-16)18-11-13-7-4-5-9-17-13/h2-9,15,18H,11H2,1H3. The Bertz CT molecular complexity index is 543. The highest BCUT2D eigenvalue weighted by molar-refractivity contribution is 5.32. The van der Waals surface area contributed by atoms with Gasteiger partial charge in [-0.3, -0.25) is 10.3 Å². The van der Waals surface area contributed by atoms with Crippen molar-refractivity contribution < 1.29 is 0 Å². The van der Waals surface area contributed by atoms with Crippen molar-refractivity contribution in [1.29, 1.82) is 5.26 Å². The van der Waals surface area contributed by atoms with Crippen LogP contribution in [0.3, 0.4) is 0 Å². The zero-order valence-corrected chi connectivity index (χ0v) is 10.3. The van der Waals surface area contributed by atoms with Gasteiger partial charge in [-0.15, -0.1) is 0 Å². The molecule has 90 valence electrons. The van der Waals surface area contributed by atoms with Gasteiger partial charge in [-0.1, -0.05) is 30.3 Å². The van der Waals surface area contributed by atoms with Crippen LogP contribution in [-0.4, -0.2) is 4.98 Å². The van der Waals surface area contributed by atoms with E-state index in [-0.39, 0.29) is 6.04 Å². The molecule has 2 aromatic rings. The first-order valence-electron chi connectivity index (χ1n) is 5.89. The maximum absolute atomic E-state index is 9.25. The van der Waals surface area contributed by atoms with Crippen LogP contribution >= 0.6 is 0 Å². The number of hydrogen-bond donors (Lipinski definition) is 1. The largest absolute Gasteiger partial charge is 0.292 e. The van der Waals surface area contributed by atoms with E-state index < -0.39 is 0 Å². The van der Waals surface area contributed by atoms with E-state index in [9.17, 15) is 5.26 Å². The molecule has 3 nitrogen and oxygen atoms in total. The minimum Gasteiger partial charge on any atom is -0.292 e. The Hall–Kier alpha value is -2.18. The summed E-state index contributed by atoms with van der Waals surface area (Å²) in [5.41, 5.74) is 3.08. The molecule has 0 aliphatic carbocycles. The summed E-state index contributed by atoms with van der Waals surface area (Å²) in [5.74, 6) is 0. The SMILES string of the molecule is Cc1ccccc1C(C#N)NCc1ccccn1. The second-order valence-electron chi connectivity index (χ2n) is 4.12. The summed E-state index contributed by atoms with van der Waals surface area (Å²) in [5, 5.41) is 12.5. The zero-order valence-electron chi connectivity index (χ0n) is 10.3. The molecule has 1 unspecified atom stereocenters. The number of hydrogen-bond acceptors (Lipinski definition) is 3. The van der Waals surface area contributed by atoms with Crippen LogP contribution in [0.2, 0.25) is 0 Å². The molecule has 1 atom stereocenters. The smallest absolute Gasteiger partial charge is 0.121 e. The molecule has 0 radical (unpaired) electrons. The molecule has 3 heteroatoms. The first kappa shape index (κ1) is 12.3. The van der Waals surface area contributed by atoms with Gasteiger partial charge in [0.1, 0.15) is 6.04 Å². The Balaban J connectivity index is 2.08. The van der Waals surface area contributed by atoms with Crippen molar-refractivity contribution in [2.45, 2.75) is 19.5 Å². The predicted molar refractivity (Wildman–Crippen MR) is 70.6 cm³/mol. The molecule has 0 aliphatic rings. The third-order valence-corrected chi connectivity index (χ3v) is 2.84. The van der Waals surface area contributed by atoms with Crippen LogP contribution in [0, 0.1) is 18.3 Å². The quantitative estimate of drug-likeness (QED) is 0.889. The van der Waals surface area contributed by atoms with E-state index >= 15 is 0 Å². The lowest BCUT2D eigenvalue weighted by atomic mass is 10.0. The van der Waals surface area contributed by atoms with Crippen molar-refractivity contribution >= 4 is 0 Å². The van der Waals surface area contributed by atoms with E-state index in [4.69, 9.17) is 0 Å². The summed E-state index contributed by atoms with van der Waals surface area (Å²) >= 11 is 0. The minimum absolute atomic E-state index is 0.298. The average Bonchev–Trinajstić information content (AvgIpc) is 2.42. The van der Waals surface area contributed by atoms with E-state index in [1.54, 1.807) is 6.20 Å². The second kappa shape index (κ2) is 5.95. The second-order valence-corrected chi connectivity index (χ2v) is 4.12. The molecular weight excluding hydrogens is 222 g/mol. The molecule has 0 aliphatic heterocycles. The van der Waals surface area contributed by atoms with Crippen LogP contribution < -0.4 is 5.32 Å². The first-order valence-corrected chi connectivity index (χ1v) is 5.89. The highest BCUT2D eigenvalue weighted by Crippen LogP contribution is 2.16. The molecule has 0 amide bonds. The van der Waals surface area contributed by atoms with Crippen LogP contribution in [0.4, 0.5) is 0 Å². The molecule has 18 heavy (non-hydrogen) atoms. The minimum atomic E-state index is -0.298. The molecule has 0 fully saturated rings. The summed E-state index contributed by atoms with van der Waals surface area (Å²) in [7, 11) is 0. The molecule has 1 aromatic carbocycles. The molecule has 0 bridgehead atoms. The summed E-state index contributed by atoms with van der Waals surface area (Å²) in [6.45, 7) is 2.61. The number of aromatic nitrogens is 1. The monoisotopic (exact) mass is 237 g/mol. The van der Waals surface area contributed by atoms with Crippen LogP contribution in [0.25, 0.3) is 0 Å². The third kappa shape index (κ3) is 2.93. The van der Waals surface area contributed by atoms with E-state index in [2.05, 4.69) is 16.4 Å². The summed E-state index contributed by atoms with van der Waals surface area (Å²) < 4.78 is 0. The fourth-order valence-corrected chi connectivity index (χ4v) is 1.85. The lowest BCUT2D eigenvalue weighted by Crippen LogP contribution is -2.20. The third-order valence-electron chi connectivity index (χ3n) is 2.84. The number of nitriles is 1. The topological polar surface area (TPSA) is 48.7 Å². The number of benzene rings is 1. The van der Waals surface area contributed by atoms with Crippen LogP contribution in [-0.2, 0) is 6.54 Å². The van der Waals surface area contributed by atoms with E-state index in [1.807, 2.05) is 49.4 Å². The number of aryl methyl sites for hydroxylation is 1. The Labute approximate surface area is 107 Å². The number of pyridine rings is 1. The van der Waals surface area contributed by atoms with Gasteiger partial charge in [-0.25, -0.2) is 0 Å². The van der Waals surface area contributed by atoms with Crippen LogP contribution in [0.15, 0.2) is 48.7 Å². The van der Waals surface area contributed by atoms with E-state index in [0.29, 0.717) is 6.54 Å². The van der Waals surface area contributed by atoms with Gasteiger partial charge in [0.15, 0.2) is 0 Å². The summed E-state index contributed by atoms with van der Waals surface area (Å²) in [6, 6.07) is 15.7. The van der Waals surface area contributed by atoms with Crippen molar-refractivity contribution in [1.82, 2.24) is 10.3 Å². The maximum atomic E-state index is 9.25. The fraction of sp³-hybridized carbons (Fsp3) is 0.200. The number of nitrogens with one attached hydrogen (secondary N) is 1. The number of nitrogens with zero attached hydrogens (tertiary/aromatic N) is 2. The Morgan fingerprint density at radius 3 is 2.67 bits per heavy atom. The molecule has 1 aromatic heterocycles. The number of rotatable bonds is 4. The van der Waals surface area contributed by atoms with Crippen molar-refractivity contribution in [3.63, 3.8) is 0 Å².